The lowest BCUT2D eigenvalue weighted by Crippen LogP contribution is -2.67. The molecule has 2 fully saturated rings. The molecule has 2 unspecified atom stereocenters. The van der Waals surface area contributed by atoms with Gasteiger partial charge in [-0.25, -0.2) is 0 Å². The summed E-state index contributed by atoms with van der Waals surface area (Å²) < 4.78 is 17.6. The van der Waals surface area contributed by atoms with Gasteiger partial charge in [-0.15, -0.1) is 24.8 Å². The number of methoxy groups -OCH3 is 1. The standard InChI is InChI=1S/C33H43N5O4.2ClH/c1-6-41-33-34-31(40-5)28(32(35-33)42-23(2)3)21-36-19-27-20-37(24(4)39)17-18-38(27)29(22-36)30(25-13-9-7-10-14-25)26-15-11-8-12-16-26;;/h7-16,23,27,29-30H,6,17-22H2,1-5H3;2*1H. The van der Waals surface area contributed by atoms with Crippen molar-refractivity contribution in [2.75, 3.05) is 46.4 Å². The van der Waals surface area contributed by atoms with Gasteiger partial charge in [0.1, 0.15) is 0 Å². The van der Waals surface area contributed by atoms with Crippen LogP contribution in [-0.2, 0) is 11.3 Å². The molecule has 2 aliphatic heterocycles. The van der Waals surface area contributed by atoms with Crippen LogP contribution in [0.4, 0.5) is 0 Å². The van der Waals surface area contributed by atoms with E-state index in [0.717, 1.165) is 31.7 Å². The number of benzene rings is 2. The predicted octanol–water partition coefficient (Wildman–Crippen LogP) is 5.06. The van der Waals surface area contributed by atoms with Gasteiger partial charge in [0.05, 0.1) is 25.4 Å². The number of piperazine rings is 2. The summed E-state index contributed by atoms with van der Waals surface area (Å²) in [6, 6.07) is 22.2. The van der Waals surface area contributed by atoms with Crippen LogP contribution in [0.25, 0.3) is 0 Å². The minimum Gasteiger partial charge on any atom is -0.481 e. The summed E-state index contributed by atoms with van der Waals surface area (Å²) in [7, 11) is 1.62. The van der Waals surface area contributed by atoms with Crippen molar-refractivity contribution >= 4 is 30.7 Å². The highest BCUT2D eigenvalue weighted by Crippen LogP contribution is 2.37. The molecule has 2 aliphatic rings. The third-order valence-electron chi connectivity index (χ3n) is 8.12. The van der Waals surface area contributed by atoms with E-state index in [-0.39, 0.29) is 60.8 Å². The van der Waals surface area contributed by atoms with E-state index in [1.807, 2.05) is 25.7 Å². The van der Waals surface area contributed by atoms with E-state index in [4.69, 9.17) is 14.2 Å². The molecule has 2 aromatic carbocycles. The number of carbonyl (C=O) groups excluding carboxylic acids is 1. The number of amides is 1. The second-order valence-electron chi connectivity index (χ2n) is 11.3. The van der Waals surface area contributed by atoms with E-state index in [1.54, 1.807) is 14.0 Å². The number of nitrogens with zero attached hydrogens (tertiary/aromatic N) is 5. The largest absolute Gasteiger partial charge is 0.481 e. The maximum absolute atomic E-state index is 12.5. The molecule has 0 spiro atoms. The molecular weight excluding hydrogens is 601 g/mol. The van der Waals surface area contributed by atoms with Crippen LogP contribution in [0, 0.1) is 0 Å². The van der Waals surface area contributed by atoms with E-state index in [1.165, 1.54) is 11.1 Å². The average Bonchev–Trinajstić information content (AvgIpc) is 2.99. The number of halogens is 2. The Morgan fingerprint density at radius 2 is 1.52 bits per heavy atom. The molecule has 9 nitrogen and oxygen atoms in total. The second kappa shape index (κ2) is 16.3. The van der Waals surface area contributed by atoms with Gasteiger partial charge in [-0.05, 0) is 31.9 Å². The zero-order valence-electron chi connectivity index (χ0n) is 26.2. The van der Waals surface area contributed by atoms with Gasteiger partial charge in [-0.2, -0.15) is 9.97 Å². The highest BCUT2D eigenvalue weighted by molar-refractivity contribution is 5.85. The van der Waals surface area contributed by atoms with Crippen LogP contribution < -0.4 is 14.2 Å². The molecule has 0 aliphatic carbocycles. The summed E-state index contributed by atoms with van der Waals surface area (Å²) in [5.74, 6) is 1.22. The van der Waals surface area contributed by atoms with E-state index in [0.29, 0.717) is 31.5 Å². The first-order chi connectivity index (χ1) is 20.4. The molecule has 240 valence electrons. The number of aromatic nitrogens is 2. The fourth-order valence-corrected chi connectivity index (χ4v) is 6.35. The summed E-state index contributed by atoms with van der Waals surface area (Å²) in [4.78, 5) is 28.7. The second-order valence-corrected chi connectivity index (χ2v) is 11.3. The Hall–Kier alpha value is -3.11. The lowest BCUT2D eigenvalue weighted by molar-refractivity contribution is -0.134. The first-order valence-electron chi connectivity index (χ1n) is 15.0. The molecule has 0 N–H and O–H groups in total. The minimum atomic E-state index is -0.0783. The molecule has 2 atom stereocenters. The van der Waals surface area contributed by atoms with Crippen molar-refractivity contribution in [1.82, 2.24) is 24.7 Å². The van der Waals surface area contributed by atoms with Gasteiger partial charge in [0.25, 0.3) is 0 Å². The molecule has 0 radical (unpaired) electrons. The molecule has 0 bridgehead atoms. The van der Waals surface area contributed by atoms with Gasteiger partial charge in [0.15, 0.2) is 0 Å². The van der Waals surface area contributed by atoms with Gasteiger partial charge < -0.3 is 19.1 Å². The molecule has 1 aromatic heterocycles. The van der Waals surface area contributed by atoms with Crippen molar-refractivity contribution in [3.8, 4) is 17.8 Å². The zero-order valence-corrected chi connectivity index (χ0v) is 27.9. The number of rotatable bonds is 10. The van der Waals surface area contributed by atoms with Gasteiger partial charge in [-0.1, -0.05) is 60.7 Å². The van der Waals surface area contributed by atoms with Crippen molar-refractivity contribution < 1.29 is 19.0 Å². The lowest BCUT2D eigenvalue weighted by atomic mass is 9.81. The monoisotopic (exact) mass is 645 g/mol. The van der Waals surface area contributed by atoms with Crippen LogP contribution in [0.3, 0.4) is 0 Å². The normalized spacial score (nSPS) is 18.7. The molecule has 0 saturated carbocycles. The highest BCUT2D eigenvalue weighted by atomic mass is 35.5. The number of ether oxygens (including phenoxy) is 3. The third kappa shape index (κ3) is 8.13. The molecule has 1 amide bonds. The van der Waals surface area contributed by atoms with Crippen molar-refractivity contribution in [2.45, 2.75) is 58.3 Å². The average molecular weight is 647 g/mol. The smallest absolute Gasteiger partial charge is 0.323 e. The van der Waals surface area contributed by atoms with Crippen molar-refractivity contribution in [2.24, 2.45) is 0 Å². The Morgan fingerprint density at radius 1 is 0.909 bits per heavy atom. The van der Waals surface area contributed by atoms with E-state index in [9.17, 15) is 4.79 Å². The summed E-state index contributed by atoms with van der Waals surface area (Å²) in [5.41, 5.74) is 3.38. The van der Waals surface area contributed by atoms with Crippen molar-refractivity contribution in [3.63, 3.8) is 0 Å². The maximum atomic E-state index is 12.5. The molecule has 3 aromatic rings. The van der Waals surface area contributed by atoms with Gasteiger partial charge >= 0.3 is 6.01 Å². The molecule has 11 heteroatoms. The number of hydrogen-bond acceptors (Lipinski definition) is 8. The summed E-state index contributed by atoms with van der Waals surface area (Å²) >= 11 is 0. The first-order valence-corrected chi connectivity index (χ1v) is 15.0. The van der Waals surface area contributed by atoms with Gasteiger partial charge in [0, 0.05) is 64.2 Å². The van der Waals surface area contributed by atoms with Crippen molar-refractivity contribution in [3.05, 3.63) is 77.4 Å². The first kappa shape index (κ1) is 35.4. The van der Waals surface area contributed by atoms with E-state index >= 15 is 0 Å². The summed E-state index contributed by atoms with van der Waals surface area (Å²) in [5, 5.41) is 0. The molecule has 3 heterocycles. The SMILES string of the molecule is CCOc1nc(OC)c(CN2CC3CN(C(C)=O)CCN3C(C(c3ccccc3)c3ccccc3)C2)c(OC(C)C)n1.Cl.Cl. The van der Waals surface area contributed by atoms with E-state index in [2.05, 4.69) is 80.4 Å². The highest BCUT2D eigenvalue weighted by Gasteiger charge is 2.43. The summed E-state index contributed by atoms with van der Waals surface area (Å²) in [6.07, 6.45) is -0.0783. The van der Waals surface area contributed by atoms with Gasteiger partial charge in [0.2, 0.25) is 17.7 Å². The topological polar surface area (TPSA) is 80.3 Å². The zero-order chi connectivity index (χ0) is 29.6. The van der Waals surface area contributed by atoms with Crippen LogP contribution in [0.1, 0.15) is 50.3 Å². The number of hydrogen-bond donors (Lipinski definition) is 0. The number of fused-ring (bicyclic) bond motifs is 1. The third-order valence-corrected chi connectivity index (χ3v) is 8.12. The van der Waals surface area contributed by atoms with Crippen LogP contribution in [-0.4, -0.2) is 95.2 Å². The Labute approximate surface area is 273 Å². The van der Waals surface area contributed by atoms with Crippen LogP contribution >= 0.6 is 24.8 Å². The Morgan fingerprint density at radius 3 is 2.07 bits per heavy atom. The van der Waals surface area contributed by atoms with Crippen LogP contribution in [0.5, 0.6) is 17.8 Å². The quantitative estimate of drug-likeness (QED) is 0.303. The molecule has 5 rings (SSSR count). The summed E-state index contributed by atoms with van der Waals surface area (Å²) in [6.45, 7) is 12.4. The van der Waals surface area contributed by atoms with Crippen LogP contribution in [0.2, 0.25) is 0 Å². The molecule has 44 heavy (non-hydrogen) atoms. The number of carbonyl (C=O) groups is 1. The Bertz CT molecular complexity index is 1300. The minimum absolute atomic E-state index is 0. The van der Waals surface area contributed by atoms with Crippen LogP contribution in [0.15, 0.2) is 60.7 Å². The fraction of sp³-hybridized carbons (Fsp3) is 0.485. The predicted molar refractivity (Wildman–Crippen MR) is 177 cm³/mol. The Balaban J connectivity index is 0.00000264. The maximum Gasteiger partial charge on any atom is 0.323 e. The lowest BCUT2D eigenvalue weighted by Gasteiger charge is -2.53. The van der Waals surface area contributed by atoms with Gasteiger partial charge in [-0.3, -0.25) is 14.6 Å². The van der Waals surface area contributed by atoms with E-state index < -0.39 is 0 Å². The molecule has 2 saturated heterocycles. The fourth-order valence-electron chi connectivity index (χ4n) is 6.35. The van der Waals surface area contributed by atoms with Crippen molar-refractivity contribution in [1.29, 1.82) is 0 Å². The molecular formula is C33H45Cl2N5O4. The Kier molecular flexibility index (Phi) is 13.1.